The standard InChI is InChI=1S/C12H11NO3/c1-8(14)16-9-6-10-11(13-7-9)4-3-5-12(10)15-2/h3-7H,1-2H3. The maximum Gasteiger partial charge on any atom is 0.308 e. The zero-order chi connectivity index (χ0) is 11.5. The van der Waals surface area contributed by atoms with Gasteiger partial charge in [-0.05, 0) is 18.2 Å². The van der Waals surface area contributed by atoms with Gasteiger partial charge in [-0.2, -0.15) is 0 Å². The van der Waals surface area contributed by atoms with Crippen LogP contribution in [0, 0.1) is 0 Å². The Labute approximate surface area is 92.8 Å². The van der Waals surface area contributed by atoms with Gasteiger partial charge in [0.1, 0.15) is 11.5 Å². The second-order valence-electron chi connectivity index (χ2n) is 3.29. The summed E-state index contributed by atoms with van der Waals surface area (Å²) in [6.45, 7) is 1.35. The normalized spacial score (nSPS) is 10.1. The Morgan fingerprint density at radius 3 is 2.88 bits per heavy atom. The summed E-state index contributed by atoms with van der Waals surface area (Å²) >= 11 is 0. The molecule has 82 valence electrons. The predicted octanol–water partition coefficient (Wildman–Crippen LogP) is 2.17. The lowest BCUT2D eigenvalue weighted by molar-refractivity contribution is -0.131. The Hall–Kier alpha value is -2.10. The fourth-order valence-electron chi connectivity index (χ4n) is 1.50. The van der Waals surface area contributed by atoms with Crippen LogP contribution in [-0.2, 0) is 4.79 Å². The van der Waals surface area contributed by atoms with Gasteiger partial charge in [-0.15, -0.1) is 0 Å². The van der Waals surface area contributed by atoms with Gasteiger partial charge in [0.15, 0.2) is 0 Å². The molecule has 0 amide bonds. The van der Waals surface area contributed by atoms with E-state index >= 15 is 0 Å². The van der Waals surface area contributed by atoms with Gasteiger partial charge < -0.3 is 9.47 Å². The van der Waals surface area contributed by atoms with Gasteiger partial charge in [0.05, 0.1) is 18.8 Å². The highest BCUT2D eigenvalue weighted by Crippen LogP contribution is 2.27. The van der Waals surface area contributed by atoms with Crippen LogP contribution in [0.4, 0.5) is 0 Å². The molecule has 0 aliphatic heterocycles. The number of rotatable bonds is 2. The summed E-state index contributed by atoms with van der Waals surface area (Å²) in [6.07, 6.45) is 1.52. The van der Waals surface area contributed by atoms with Gasteiger partial charge in [0.25, 0.3) is 0 Å². The predicted molar refractivity (Wildman–Crippen MR) is 59.6 cm³/mol. The van der Waals surface area contributed by atoms with E-state index in [1.807, 2.05) is 18.2 Å². The zero-order valence-electron chi connectivity index (χ0n) is 9.06. The molecule has 0 unspecified atom stereocenters. The molecule has 4 heteroatoms. The molecular formula is C12H11NO3. The summed E-state index contributed by atoms with van der Waals surface area (Å²) in [5.41, 5.74) is 0.801. The Morgan fingerprint density at radius 2 is 2.19 bits per heavy atom. The van der Waals surface area contributed by atoms with Gasteiger partial charge in [-0.1, -0.05) is 6.07 Å². The molecule has 2 rings (SSSR count). The molecule has 16 heavy (non-hydrogen) atoms. The molecule has 0 spiro atoms. The second kappa shape index (κ2) is 4.18. The molecule has 0 radical (unpaired) electrons. The van der Waals surface area contributed by atoms with Crippen molar-refractivity contribution < 1.29 is 14.3 Å². The van der Waals surface area contributed by atoms with E-state index in [2.05, 4.69) is 4.98 Å². The van der Waals surface area contributed by atoms with Crippen LogP contribution < -0.4 is 9.47 Å². The summed E-state index contributed by atoms with van der Waals surface area (Å²) in [7, 11) is 1.59. The van der Waals surface area contributed by atoms with E-state index < -0.39 is 0 Å². The Bertz CT molecular complexity index is 537. The monoisotopic (exact) mass is 217 g/mol. The number of carbonyl (C=O) groups excluding carboxylic acids is 1. The van der Waals surface area contributed by atoms with Crippen molar-refractivity contribution >= 4 is 16.9 Å². The number of esters is 1. The fourth-order valence-corrected chi connectivity index (χ4v) is 1.50. The number of benzene rings is 1. The Morgan fingerprint density at radius 1 is 1.38 bits per heavy atom. The van der Waals surface area contributed by atoms with E-state index in [0.29, 0.717) is 11.5 Å². The minimum Gasteiger partial charge on any atom is -0.496 e. The van der Waals surface area contributed by atoms with Gasteiger partial charge in [0.2, 0.25) is 0 Å². The third-order valence-corrected chi connectivity index (χ3v) is 2.14. The molecule has 0 aliphatic carbocycles. The topological polar surface area (TPSA) is 48.4 Å². The van der Waals surface area contributed by atoms with E-state index in [4.69, 9.17) is 9.47 Å². The van der Waals surface area contributed by atoms with Gasteiger partial charge >= 0.3 is 5.97 Å². The summed E-state index contributed by atoms with van der Waals surface area (Å²) in [6, 6.07) is 7.30. The SMILES string of the molecule is COc1cccc2ncc(OC(C)=O)cc12. The number of carbonyl (C=O) groups is 1. The van der Waals surface area contributed by atoms with Crippen molar-refractivity contribution in [1.82, 2.24) is 4.98 Å². The zero-order valence-corrected chi connectivity index (χ0v) is 9.06. The van der Waals surface area contributed by atoms with Crippen LogP contribution in [0.3, 0.4) is 0 Å². The van der Waals surface area contributed by atoms with Gasteiger partial charge in [0, 0.05) is 12.3 Å². The quantitative estimate of drug-likeness (QED) is 0.723. The van der Waals surface area contributed by atoms with Crippen LogP contribution in [-0.4, -0.2) is 18.1 Å². The lowest BCUT2D eigenvalue weighted by Gasteiger charge is -2.06. The maximum atomic E-state index is 10.8. The minimum absolute atomic E-state index is 0.365. The van der Waals surface area contributed by atoms with Crippen LogP contribution in [0.2, 0.25) is 0 Å². The smallest absolute Gasteiger partial charge is 0.308 e. The van der Waals surface area contributed by atoms with Gasteiger partial charge in [-0.3, -0.25) is 9.78 Å². The first-order valence-corrected chi connectivity index (χ1v) is 4.82. The lowest BCUT2D eigenvalue weighted by Crippen LogP contribution is -2.01. The van der Waals surface area contributed by atoms with E-state index in [1.54, 1.807) is 13.2 Å². The second-order valence-corrected chi connectivity index (χ2v) is 3.29. The van der Waals surface area contributed by atoms with Crippen molar-refractivity contribution in [3.05, 3.63) is 30.5 Å². The third kappa shape index (κ3) is 1.95. The highest BCUT2D eigenvalue weighted by atomic mass is 16.5. The van der Waals surface area contributed by atoms with Crippen molar-refractivity contribution in [2.45, 2.75) is 6.92 Å². The third-order valence-electron chi connectivity index (χ3n) is 2.14. The molecule has 1 aromatic carbocycles. The molecule has 0 saturated heterocycles. The molecule has 0 fully saturated rings. The molecule has 0 aliphatic rings. The Balaban J connectivity index is 2.54. The van der Waals surface area contributed by atoms with Crippen LogP contribution in [0.15, 0.2) is 30.5 Å². The average Bonchev–Trinajstić information content (AvgIpc) is 2.27. The number of hydrogen-bond donors (Lipinski definition) is 0. The summed E-state index contributed by atoms with van der Waals surface area (Å²) in [5.74, 6) is 0.763. The molecule has 0 atom stereocenters. The number of ether oxygens (including phenoxy) is 2. The lowest BCUT2D eigenvalue weighted by atomic mass is 10.2. The van der Waals surface area contributed by atoms with Crippen LogP contribution >= 0.6 is 0 Å². The van der Waals surface area contributed by atoms with Gasteiger partial charge in [-0.25, -0.2) is 0 Å². The summed E-state index contributed by atoms with van der Waals surface area (Å²) in [5, 5.41) is 0.823. The molecular weight excluding hydrogens is 206 g/mol. The molecule has 2 aromatic rings. The molecule has 0 N–H and O–H groups in total. The molecule has 4 nitrogen and oxygen atoms in total. The average molecular weight is 217 g/mol. The number of hydrogen-bond acceptors (Lipinski definition) is 4. The van der Waals surface area contributed by atoms with Crippen molar-refractivity contribution in [3.8, 4) is 11.5 Å². The summed E-state index contributed by atoms with van der Waals surface area (Å²) in [4.78, 5) is 15.0. The fraction of sp³-hybridized carbons (Fsp3) is 0.167. The van der Waals surface area contributed by atoms with E-state index in [1.165, 1.54) is 13.1 Å². The first-order valence-electron chi connectivity index (χ1n) is 4.82. The highest BCUT2D eigenvalue weighted by molar-refractivity contribution is 5.86. The van der Waals surface area contributed by atoms with Crippen molar-refractivity contribution in [2.24, 2.45) is 0 Å². The van der Waals surface area contributed by atoms with Crippen LogP contribution in [0.1, 0.15) is 6.92 Å². The number of pyridine rings is 1. The van der Waals surface area contributed by atoms with Crippen molar-refractivity contribution in [1.29, 1.82) is 0 Å². The van der Waals surface area contributed by atoms with E-state index in [9.17, 15) is 4.79 Å². The van der Waals surface area contributed by atoms with Crippen LogP contribution in [0.25, 0.3) is 10.9 Å². The highest BCUT2D eigenvalue weighted by Gasteiger charge is 2.05. The first-order chi connectivity index (χ1) is 7.70. The Kier molecular flexibility index (Phi) is 2.72. The maximum absolute atomic E-state index is 10.8. The number of aromatic nitrogens is 1. The molecule has 0 bridgehead atoms. The molecule has 1 aromatic heterocycles. The van der Waals surface area contributed by atoms with Crippen LogP contribution in [0.5, 0.6) is 11.5 Å². The molecule has 0 saturated carbocycles. The van der Waals surface area contributed by atoms with E-state index in [0.717, 1.165) is 10.9 Å². The van der Waals surface area contributed by atoms with Crippen molar-refractivity contribution in [2.75, 3.05) is 7.11 Å². The van der Waals surface area contributed by atoms with Crippen molar-refractivity contribution in [3.63, 3.8) is 0 Å². The number of methoxy groups -OCH3 is 1. The van der Waals surface area contributed by atoms with E-state index in [-0.39, 0.29) is 5.97 Å². The molecule has 1 heterocycles. The summed E-state index contributed by atoms with van der Waals surface area (Å²) < 4.78 is 10.2. The largest absolute Gasteiger partial charge is 0.496 e. The number of fused-ring (bicyclic) bond motifs is 1. The minimum atomic E-state index is -0.365. The first kappa shape index (κ1) is 10.4. The number of nitrogens with zero attached hydrogens (tertiary/aromatic N) is 1.